The molecular weight excluding hydrogens is 296 g/mol. The van der Waals surface area contributed by atoms with E-state index in [9.17, 15) is 4.79 Å². The summed E-state index contributed by atoms with van der Waals surface area (Å²) in [5.74, 6) is 1.18. The SMILES string of the molecule is CC1CCCC(C(=O)NCc2ccc3c(c2)CCNC3)C1.CCC. The molecule has 2 aliphatic rings. The van der Waals surface area contributed by atoms with Crippen molar-refractivity contribution in [2.24, 2.45) is 11.8 Å². The van der Waals surface area contributed by atoms with Crippen LogP contribution in [0.4, 0.5) is 0 Å². The number of nitrogens with one attached hydrogen (secondary N) is 2. The maximum Gasteiger partial charge on any atom is 0.223 e. The predicted molar refractivity (Wildman–Crippen MR) is 101 cm³/mol. The lowest BCUT2D eigenvalue weighted by Gasteiger charge is -2.26. The maximum absolute atomic E-state index is 12.3. The molecule has 134 valence electrons. The van der Waals surface area contributed by atoms with Gasteiger partial charge in [0.25, 0.3) is 0 Å². The molecule has 0 saturated heterocycles. The topological polar surface area (TPSA) is 41.1 Å². The molecule has 2 atom stereocenters. The van der Waals surface area contributed by atoms with Crippen molar-refractivity contribution in [1.82, 2.24) is 10.6 Å². The highest BCUT2D eigenvalue weighted by Gasteiger charge is 2.24. The molecule has 0 radical (unpaired) electrons. The van der Waals surface area contributed by atoms with Gasteiger partial charge in [-0.15, -0.1) is 0 Å². The van der Waals surface area contributed by atoms with Crippen LogP contribution in [0.1, 0.15) is 69.6 Å². The fourth-order valence-electron chi connectivity index (χ4n) is 3.65. The van der Waals surface area contributed by atoms with Gasteiger partial charge in [-0.2, -0.15) is 0 Å². The third-order valence-corrected chi connectivity index (χ3v) is 4.93. The van der Waals surface area contributed by atoms with E-state index in [0.717, 1.165) is 32.4 Å². The highest BCUT2D eigenvalue weighted by atomic mass is 16.1. The Balaban J connectivity index is 0.000000647. The predicted octanol–water partition coefficient (Wildman–Crippen LogP) is 4.19. The Labute approximate surface area is 147 Å². The van der Waals surface area contributed by atoms with E-state index < -0.39 is 0 Å². The third kappa shape index (κ3) is 5.62. The zero-order chi connectivity index (χ0) is 17.4. The molecule has 2 unspecified atom stereocenters. The molecule has 0 aromatic heterocycles. The lowest BCUT2D eigenvalue weighted by Crippen LogP contribution is -2.33. The van der Waals surface area contributed by atoms with Crippen LogP contribution in [0.5, 0.6) is 0 Å². The summed E-state index contributed by atoms with van der Waals surface area (Å²) in [4.78, 5) is 12.3. The number of carbonyl (C=O) groups is 1. The Kier molecular flexibility index (Phi) is 7.77. The Bertz CT molecular complexity index is 527. The maximum atomic E-state index is 12.3. The zero-order valence-corrected chi connectivity index (χ0v) is 15.7. The van der Waals surface area contributed by atoms with Crippen LogP contribution in [0.3, 0.4) is 0 Å². The molecule has 0 spiro atoms. The molecular formula is C21H34N2O. The first-order valence-corrected chi connectivity index (χ1v) is 9.73. The molecule has 1 aromatic carbocycles. The third-order valence-electron chi connectivity index (χ3n) is 4.93. The van der Waals surface area contributed by atoms with Crippen LogP contribution in [0.15, 0.2) is 18.2 Å². The number of carbonyl (C=O) groups excluding carboxylic acids is 1. The van der Waals surface area contributed by atoms with Gasteiger partial charge in [0.15, 0.2) is 0 Å². The minimum Gasteiger partial charge on any atom is -0.352 e. The number of rotatable bonds is 3. The van der Waals surface area contributed by atoms with Gasteiger partial charge in [-0.1, -0.05) is 58.2 Å². The van der Waals surface area contributed by atoms with Crippen molar-refractivity contribution < 1.29 is 4.79 Å². The number of amides is 1. The fourth-order valence-corrected chi connectivity index (χ4v) is 3.65. The summed E-state index contributed by atoms with van der Waals surface area (Å²) in [6.45, 7) is 9.21. The fraction of sp³-hybridized carbons (Fsp3) is 0.667. The summed E-state index contributed by atoms with van der Waals surface area (Å²) >= 11 is 0. The molecule has 1 fully saturated rings. The smallest absolute Gasteiger partial charge is 0.223 e. The van der Waals surface area contributed by atoms with E-state index in [0.29, 0.717) is 12.5 Å². The summed E-state index contributed by atoms with van der Waals surface area (Å²) in [6.07, 6.45) is 6.94. The molecule has 1 amide bonds. The van der Waals surface area contributed by atoms with Crippen LogP contribution in [-0.2, 0) is 24.3 Å². The lowest BCUT2D eigenvalue weighted by atomic mass is 9.82. The van der Waals surface area contributed by atoms with Gasteiger partial charge in [-0.25, -0.2) is 0 Å². The largest absolute Gasteiger partial charge is 0.352 e. The van der Waals surface area contributed by atoms with E-state index in [-0.39, 0.29) is 11.8 Å². The second-order valence-electron chi connectivity index (χ2n) is 7.42. The van der Waals surface area contributed by atoms with Crippen molar-refractivity contribution in [3.05, 3.63) is 34.9 Å². The molecule has 1 saturated carbocycles. The van der Waals surface area contributed by atoms with Gasteiger partial charge in [0.1, 0.15) is 0 Å². The second-order valence-corrected chi connectivity index (χ2v) is 7.42. The van der Waals surface area contributed by atoms with Crippen molar-refractivity contribution in [2.45, 2.75) is 72.4 Å². The van der Waals surface area contributed by atoms with Crippen LogP contribution in [0.25, 0.3) is 0 Å². The number of hydrogen-bond acceptors (Lipinski definition) is 2. The van der Waals surface area contributed by atoms with Gasteiger partial charge in [0.2, 0.25) is 5.91 Å². The number of hydrogen-bond donors (Lipinski definition) is 2. The van der Waals surface area contributed by atoms with Gasteiger partial charge in [-0.3, -0.25) is 4.79 Å². The minimum atomic E-state index is 0.232. The molecule has 3 nitrogen and oxygen atoms in total. The summed E-state index contributed by atoms with van der Waals surface area (Å²) in [6, 6.07) is 6.61. The first-order chi connectivity index (χ1) is 11.6. The molecule has 1 heterocycles. The van der Waals surface area contributed by atoms with Crippen LogP contribution in [0.2, 0.25) is 0 Å². The first-order valence-electron chi connectivity index (χ1n) is 9.73. The van der Waals surface area contributed by atoms with Gasteiger partial charge < -0.3 is 10.6 Å². The van der Waals surface area contributed by atoms with E-state index in [1.54, 1.807) is 0 Å². The average molecular weight is 331 g/mol. The van der Waals surface area contributed by atoms with Crippen molar-refractivity contribution in [3.63, 3.8) is 0 Å². The normalized spacial score (nSPS) is 22.8. The van der Waals surface area contributed by atoms with Crippen molar-refractivity contribution >= 4 is 5.91 Å². The zero-order valence-electron chi connectivity index (χ0n) is 15.7. The number of fused-ring (bicyclic) bond motifs is 1. The second kappa shape index (κ2) is 9.83. The van der Waals surface area contributed by atoms with E-state index in [2.05, 4.69) is 49.6 Å². The number of benzene rings is 1. The Morgan fingerprint density at radius 2 is 2.04 bits per heavy atom. The molecule has 24 heavy (non-hydrogen) atoms. The molecule has 2 N–H and O–H groups in total. The van der Waals surface area contributed by atoms with Gasteiger partial charge in [0.05, 0.1) is 0 Å². The summed E-state index contributed by atoms with van der Waals surface area (Å²) in [5.41, 5.74) is 4.07. The van der Waals surface area contributed by atoms with Crippen LogP contribution >= 0.6 is 0 Å². The van der Waals surface area contributed by atoms with Crippen molar-refractivity contribution in [3.8, 4) is 0 Å². The molecule has 0 bridgehead atoms. The highest BCUT2D eigenvalue weighted by Crippen LogP contribution is 2.28. The van der Waals surface area contributed by atoms with E-state index in [4.69, 9.17) is 0 Å². The Hall–Kier alpha value is -1.35. The highest BCUT2D eigenvalue weighted by molar-refractivity contribution is 5.78. The molecule has 1 aliphatic carbocycles. The van der Waals surface area contributed by atoms with Crippen LogP contribution in [0, 0.1) is 11.8 Å². The quantitative estimate of drug-likeness (QED) is 0.872. The molecule has 3 heteroatoms. The first kappa shape index (κ1) is 19.0. The van der Waals surface area contributed by atoms with Gasteiger partial charge in [0, 0.05) is 19.0 Å². The van der Waals surface area contributed by atoms with Crippen LogP contribution < -0.4 is 10.6 Å². The van der Waals surface area contributed by atoms with E-state index in [1.165, 1.54) is 36.0 Å². The van der Waals surface area contributed by atoms with E-state index in [1.807, 2.05) is 0 Å². The van der Waals surface area contributed by atoms with Crippen molar-refractivity contribution in [2.75, 3.05) is 6.54 Å². The van der Waals surface area contributed by atoms with Gasteiger partial charge in [-0.05, 0) is 48.4 Å². The summed E-state index contributed by atoms with van der Waals surface area (Å²) in [7, 11) is 0. The molecule has 3 rings (SSSR count). The monoisotopic (exact) mass is 330 g/mol. The molecule has 1 aromatic rings. The minimum absolute atomic E-state index is 0.232. The Morgan fingerprint density at radius 3 is 2.79 bits per heavy atom. The van der Waals surface area contributed by atoms with Crippen LogP contribution in [-0.4, -0.2) is 12.5 Å². The summed E-state index contributed by atoms with van der Waals surface area (Å²) in [5, 5.41) is 6.53. The van der Waals surface area contributed by atoms with E-state index >= 15 is 0 Å². The van der Waals surface area contributed by atoms with Gasteiger partial charge >= 0.3 is 0 Å². The average Bonchev–Trinajstić information content (AvgIpc) is 2.60. The van der Waals surface area contributed by atoms with Crippen molar-refractivity contribution in [1.29, 1.82) is 0 Å². The standard InChI is InChI=1S/C18H26N2O.C3H8/c1-13-3-2-4-16(9-13)18(21)20-11-14-5-6-17-12-19-8-7-15(17)10-14;1-3-2/h5-6,10,13,16,19H,2-4,7-9,11-12H2,1H3,(H,20,21);3H2,1-2H3. The lowest BCUT2D eigenvalue weighted by molar-refractivity contribution is -0.126. The Morgan fingerprint density at radius 1 is 1.25 bits per heavy atom. The summed E-state index contributed by atoms with van der Waals surface area (Å²) < 4.78 is 0. The molecule has 1 aliphatic heterocycles.